The van der Waals surface area contributed by atoms with E-state index in [-0.39, 0.29) is 11.8 Å². The van der Waals surface area contributed by atoms with Crippen molar-refractivity contribution in [3.05, 3.63) is 114 Å². The minimum atomic E-state index is -1.46. The van der Waals surface area contributed by atoms with Crippen molar-refractivity contribution in [2.24, 2.45) is 0 Å². The first kappa shape index (κ1) is 21.3. The van der Waals surface area contributed by atoms with Crippen molar-refractivity contribution in [2.75, 3.05) is 4.90 Å². The van der Waals surface area contributed by atoms with E-state index < -0.39 is 10.9 Å². The number of nitrogens with one attached hydrogen (secondary N) is 1. The maximum absolute atomic E-state index is 14.1. The van der Waals surface area contributed by atoms with Crippen molar-refractivity contribution in [1.29, 1.82) is 0 Å². The Kier molecular flexibility index (Phi) is 5.43. The number of hydrogen-bond donors (Lipinski definition) is 1. The zero-order chi connectivity index (χ0) is 23.0. The molecule has 2 heterocycles. The van der Waals surface area contributed by atoms with Crippen molar-refractivity contribution >= 4 is 29.1 Å². The lowest BCUT2D eigenvalue weighted by molar-refractivity contribution is -0.120. The van der Waals surface area contributed by atoms with Gasteiger partial charge in [-0.3, -0.25) is 9.59 Å². The summed E-state index contributed by atoms with van der Waals surface area (Å²) in [6.07, 6.45) is 9.02. The van der Waals surface area contributed by atoms with Gasteiger partial charge in [0, 0.05) is 29.7 Å². The molecule has 2 unspecified atom stereocenters. The number of carbonyl (C=O) groups is 2. The molecule has 2 aliphatic rings. The molecule has 0 bridgehead atoms. The zero-order valence-corrected chi connectivity index (χ0v) is 19.0. The monoisotopic (exact) mass is 457 g/mol. The second kappa shape index (κ2) is 8.41. The van der Waals surface area contributed by atoms with Crippen molar-refractivity contribution in [2.45, 2.75) is 30.9 Å². The van der Waals surface area contributed by atoms with Crippen molar-refractivity contribution in [3.8, 4) is 0 Å². The number of aryl methyl sites for hydroxylation is 1. The van der Waals surface area contributed by atoms with Crippen LogP contribution in [0, 0.1) is 6.92 Å². The van der Waals surface area contributed by atoms with Crippen LogP contribution in [-0.2, 0) is 17.9 Å². The van der Waals surface area contributed by atoms with E-state index in [1.165, 1.54) is 0 Å². The Morgan fingerprint density at radius 3 is 2.64 bits per heavy atom. The van der Waals surface area contributed by atoms with Gasteiger partial charge in [-0.25, -0.2) is 0 Å². The number of rotatable bonds is 3. The minimum absolute atomic E-state index is 0.263. The first-order chi connectivity index (χ1) is 16.0. The van der Waals surface area contributed by atoms with Crippen molar-refractivity contribution < 1.29 is 9.59 Å². The summed E-state index contributed by atoms with van der Waals surface area (Å²) in [4.78, 5) is 27.4. The highest BCUT2D eigenvalue weighted by Crippen LogP contribution is 2.35. The molecule has 5 rings (SSSR count). The van der Waals surface area contributed by atoms with Crippen LogP contribution in [-0.4, -0.2) is 27.3 Å². The third-order valence-corrected chi connectivity index (χ3v) is 6.84. The molecule has 1 N–H and O–H groups in total. The number of nitrogens with zero attached hydrogens (tertiary/aromatic N) is 2. The Hall–Kier alpha value is -3.57. The SMILES string of the molecule is Cc1ccccc1C(=O)NC1C=CC=CC1(Cl)C(=O)N1Cc2cccn2Cc2ccccc21. The quantitative estimate of drug-likeness (QED) is 0.585. The summed E-state index contributed by atoms with van der Waals surface area (Å²) in [5.41, 5.74) is 4.31. The second-order valence-corrected chi connectivity index (χ2v) is 9.05. The zero-order valence-electron chi connectivity index (χ0n) is 18.2. The lowest BCUT2D eigenvalue weighted by Crippen LogP contribution is -2.57. The number of hydrogen-bond acceptors (Lipinski definition) is 2. The summed E-state index contributed by atoms with van der Waals surface area (Å²) in [7, 11) is 0. The van der Waals surface area contributed by atoms with Gasteiger partial charge in [0.1, 0.15) is 0 Å². The first-order valence-electron chi connectivity index (χ1n) is 10.9. The van der Waals surface area contributed by atoms with Gasteiger partial charge < -0.3 is 14.8 Å². The van der Waals surface area contributed by atoms with Gasteiger partial charge in [0.25, 0.3) is 11.8 Å². The normalized spacial score (nSPS) is 21.2. The van der Waals surface area contributed by atoms with Crippen LogP contribution in [0.4, 0.5) is 5.69 Å². The Balaban J connectivity index is 1.50. The number of anilines is 1. The predicted molar refractivity (Wildman–Crippen MR) is 130 cm³/mol. The average molecular weight is 458 g/mol. The van der Waals surface area contributed by atoms with E-state index in [0.29, 0.717) is 18.7 Å². The molecule has 5 nitrogen and oxygen atoms in total. The summed E-state index contributed by atoms with van der Waals surface area (Å²) in [6, 6.07) is 18.5. The van der Waals surface area contributed by atoms with Crippen LogP contribution in [0.5, 0.6) is 0 Å². The van der Waals surface area contributed by atoms with Gasteiger partial charge in [0.05, 0.1) is 12.6 Å². The van der Waals surface area contributed by atoms with E-state index in [1.54, 1.807) is 35.3 Å². The predicted octanol–water partition coefficient (Wildman–Crippen LogP) is 4.59. The molecule has 0 radical (unpaired) electrons. The molecular weight excluding hydrogens is 434 g/mol. The van der Waals surface area contributed by atoms with Crippen LogP contribution in [0.2, 0.25) is 0 Å². The van der Waals surface area contributed by atoms with Crippen LogP contribution >= 0.6 is 11.6 Å². The van der Waals surface area contributed by atoms with E-state index in [1.807, 2.05) is 67.7 Å². The second-order valence-electron chi connectivity index (χ2n) is 8.43. The summed E-state index contributed by atoms with van der Waals surface area (Å²) in [5, 5.41) is 2.98. The molecular formula is C27H24ClN3O2. The van der Waals surface area contributed by atoms with E-state index in [9.17, 15) is 9.59 Å². The molecule has 6 heteroatoms. The van der Waals surface area contributed by atoms with Gasteiger partial charge in [-0.2, -0.15) is 0 Å². The Morgan fingerprint density at radius 2 is 1.79 bits per heavy atom. The fraction of sp³-hybridized carbons (Fsp3) is 0.185. The average Bonchev–Trinajstić information content (AvgIpc) is 3.19. The summed E-state index contributed by atoms with van der Waals surface area (Å²) in [6.45, 7) is 2.96. The summed E-state index contributed by atoms with van der Waals surface area (Å²) < 4.78 is 2.14. The van der Waals surface area contributed by atoms with Crippen LogP contribution in [0.1, 0.15) is 27.2 Å². The van der Waals surface area contributed by atoms with E-state index in [0.717, 1.165) is 22.5 Å². The van der Waals surface area contributed by atoms with E-state index >= 15 is 0 Å². The van der Waals surface area contributed by atoms with E-state index in [2.05, 4.69) is 9.88 Å². The van der Waals surface area contributed by atoms with Crippen LogP contribution in [0.3, 0.4) is 0 Å². The van der Waals surface area contributed by atoms with Gasteiger partial charge in [0.2, 0.25) is 0 Å². The lowest BCUT2D eigenvalue weighted by Gasteiger charge is -2.36. The van der Waals surface area contributed by atoms with Crippen LogP contribution in [0.15, 0.2) is 91.2 Å². The highest BCUT2D eigenvalue weighted by molar-refractivity contribution is 6.39. The van der Waals surface area contributed by atoms with Gasteiger partial charge in [-0.15, -0.1) is 11.6 Å². The molecule has 0 saturated carbocycles. The van der Waals surface area contributed by atoms with Gasteiger partial charge >= 0.3 is 0 Å². The smallest absolute Gasteiger partial charge is 0.254 e. The first-order valence-corrected chi connectivity index (χ1v) is 11.3. The van der Waals surface area contributed by atoms with E-state index in [4.69, 9.17) is 11.6 Å². The molecule has 0 spiro atoms. The number of alkyl halides is 1. The summed E-state index contributed by atoms with van der Waals surface area (Å²) >= 11 is 7.07. The minimum Gasteiger partial charge on any atom is -0.345 e. The molecule has 1 aliphatic heterocycles. The molecule has 2 amide bonds. The maximum Gasteiger partial charge on any atom is 0.254 e. The highest BCUT2D eigenvalue weighted by atomic mass is 35.5. The Bertz CT molecular complexity index is 1290. The molecule has 33 heavy (non-hydrogen) atoms. The number of para-hydroxylation sites is 1. The number of allylic oxidation sites excluding steroid dienone is 2. The molecule has 2 aromatic carbocycles. The maximum atomic E-state index is 14.1. The molecule has 2 atom stereocenters. The molecule has 166 valence electrons. The number of halogens is 1. The fourth-order valence-corrected chi connectivity index (χ4v) is 4.79. The number of fused-ring (bicyclic) bond motifs is 2. The lowest BCUT2D eigenvalue weighted by atomic mass is 9.91. The number of carbonyl (C=O) groups excluding carboxylic acids is 2. The van der Waals surface area contributed by atoms with Crippen LogP contribution in [0.25, 0.3) is 0 Å². The molecule has 1 aliphatic carbocycles. The standard InChI is InChI=1S/C27H24ClN3O2/c1-19-9-2-4-12-22(19)25(32)29-24-14-6-7-15-27(24,28)26(33)31-18-21-11-8-16-30(21)17-20-10-3-5-13-23(20)31/h2-16,24H,17-18H2,1H3,(H,29,32). The molecule has 0 saturated heterocycles. The summed E-state index contributed by atoms with van der Waals surface area (Å²) in [5.74, 6) is -0.539. The topological polar surface area (TPSA) is 54.3 Å². The largest absolute Gasteiger partial charge is 0.345 e. The Morgan fingerprint density at radius 1 is 1.00 bits per heavy atom. The highest BCUT2D eigenvalue weighted by Gasteiger charge is 2.46. The number of benzene rings is 2. The molecule has 0 fully saturated rings. The van der Waals surface area contributed by atoms with Gasteiger partial charge in [-0.1, -0.05) is 60.7 Å². The molecule has 1 aromatic heterocycles. The van der Waals surface area contributed by atoms with Crippen molar-refractivity contribution in [1.82, 2.24) is 9.88 Å². The molecule has 3 aromatic rings. The van der Waals surface area contributed by atoms with Gasteiger partial charge in [0.15, 0.2) is 4.87 Å². The van der Waals surface area contributed by atoms with Gasteiger partial charge in [-0.05, 0) is 42.3 Å². The third kappa shape index (κ3) is 3.79. The number of aromatic nitrogens is 1. The Labute approximate surface area is 198 Å². The van der Waals surface area contributed by atoms with Crippen molar-refractivity contribution in [3.63, 3.8) is 0 Å². The third-order valence-electron chi connectivity index (χ3n) is 6.32. The van der Waals surface area contributed by atoms with Crippen LogP contribution < -0.4 is 10.2 Å². The number of amides is 2. The fourth-order valence-electron chi connectivity index (χ4n) is 4.49.